The van der Waals surface area contributed by atoms with E-state index in [1.54, 1.807) is 11.8 Å². The average molecular weight is 244 g/mol. The second kappa shape index (κ2) is 5.97. The number of ether oxygens (including phenoxy) is 2. The maximum atomic E-state index is 12.0. The lowest BCUT2D eigenvalue weighted by Gasteiger charge is -2.37. The minimum absolute atomic E-state index is 0.0375. The molecule has 3 atom stereocenters. The molecule has 0 spiro atoms. The van der Waals surface area contributed by atoms with E-state index in [-0.39, 0.29) is 18.8 Å². The largest absolute Gasteiger partial charge is 0.464 e. The fourth-order valence-corrected chi connectivity index (χ4v) is 1.72. The Morgan fingerprint density at radius 3 is 2.76 bits per heavy atom. The summed E-state index contributed by atoms with van der Waals surface area (Å²) in [4.78, 5) is 25.0. The van der Waals surface area contributed by atoms with Gasteiger partial charge in [-0.25, -0.2) is 4.79 Å². The van der Waals surface area contributed by atoms with Crippen molar-refractivity contribution in [3.05, 3.63) is 0 Å². The molecule has 1 saturated heterocycles. The number of rotatable bonds is 3. The first-order valence-electron chi connectivity index (χ1n) is 5.81. The number of morpholine rings is 1. The number of hydrogen-bond donors (Lipinski definition) is 1. The van der Waals surface area contributed by atoms with Crippen molar-refractivity contribution in [1.29, 1.82) is 0 Å². The fourth-order valence-electron chi connectivity index (χ4n) is 1.72. The molecule has 1 amide bonds. The number of hydrogen-bond acceptors (Lipinski definition) is 5. The third kappa shape index (κ3) is 3.41. The molecule has 0 aromatic carbocycles. The zero-order valence-electron chi connectivity index (χ0n) is 10.5. The maximum Gasteiger partial charge on any atom is 0.332 e. The SMILES string of the molecule is CCOC(=O)C(N)C(=O)N1CC(C)OCC1C. The Labute approximate surface area is 101 Å². The topological polar surface area (TPSA) is 81.9 Å². The van der Waals surface area contributed by atoms with Crippen molar-refractivity contribution >= 4 is 11.9 Å². The average Bonchev–Trinajstić information content (AvgIpc) is 2.30. The number of carbonyl (C=O) groups is 2. The van der Waals surface area contributed by atoms with Crippen LogP contribution < -0.4 is 5.73 Å². The molecule has 6 heteroatoms. The summed E-state index contributed by atoms with van der Waals surface area (Å²) in [6.07, 6.45) is -0.0375. The van der Waals surface area contributed by atoms with Crippen LogP contribution in [-0.2, 0) is 19.1 Å². The van der Waals surface area contributed by atoms with Crippen molar-refractivity contribution in [2.75, 3.05) is 19.8 Å². The van der Waals surface area contributed by atoms with Gasteiger partial charge < -0.3 is 20.1 Å². The van der Waals surface area contributed by atoms with Crippen molar-refractivity contribution in [3.63, 3.8) is 0 Å². The maximum absolute atomic E-state index is 12.0. The van der Waals surface area contributed by atoms with Gasteiger partial charge in [0.25, 0.3) is 5.91 Å². The normalized spacial score (nSPS) is 26.5. The molecule has 0 aliphatic carbocycles. The van der Waals surface area contributed by atoms with Gasteiger partial charge in [-0.3, -0.25) is 4.79 Å². The molecule has 98 valence electrons. The van der Waals surface area contributed by atoms with Gasteiger partial charge in [0.15, 0.2) is 6.04 Å². The van der Waals surface area contributed by atoms with Gasteiger partial charge in [-0.15, -0.1) is 0 Å². The summed E-state index contributed by atoms with van der Waals surface area (Å²) in [7, 11) is 0. The Balaban J connectivity index is 2.64. The Morgan fingerprint density at radius 1 is 1.53 bits per heavy atom. The van der Waals surface area contributed by atoms with Crippen LogP contribution >= 0.6 is 0 Å². The minimum atomic E-state index is -1.23. The van der Waals surface area contributed by atoms with Crippen LogP contribution in [0.3, 0.4) is 0 Å². The van der Waals surface area contributed by atoms with Crippen molar-refractivity contribution in [3.8, 4) is 0 Å². The first kappa shape index (κ1) is 13.9. The molecule has 0 bridgehead atoms. The summed E-state index contributed by atoms with van der Waals surface area (Å²) in [5.41, 5.74) is 5.58. The molecule has 0 saturated carbocycles. The van der Waals surface area contributed by atoms with E-state index in [9.17, 15) is 9.59 Å². The Hall–Kier alpha value is -1.14. The summed E-state index contributed by atoms with van der Waals surface area (Å²) < 4.78 is 10.1. The van der Waals surface area contributed by atoms with E-state index in [1.165, 1.54) is 0 Å². The van der Waals surface area contributed by atoms with Gasteiger partial charge in [0.05, 0.1) is 25.4 Å². The van der Waals surface area contributed by atoms with E-state index < -0.39 is 17.9 Å². The first-order valence-corrected chi connectivity index (χ1v) is 5.81. The fraction of sp³-hybridized carbons (Fsp3) is 0.818. The van der Waals surface area contributed by atoms with Crippen LogP contribution in [0.1, 0.15) is 20.8 Å². The smallest absolute Gasteiger partial charge is 0.332 e. The van der Waals surface area contributed by atoms with Crippen LogP contribution in [0.15, 0.2) is 0 Å². The van der Waals surface area contributed by atoms with E-state index in [0.717, 1.165) is 0 Å². The van der Waals surface area contributed by atoms with Gasteiger partial charge in [-0.05, 0) is 20.8 Å². The Bertz CT molecular complexity index is 295. The molecule has 0 aromatic heterocycles. The van der Waals surface area contributed by atoms with Crippen LogP contribution in [0.2, 0.25) is 0 Å². The second-order valence-corrected chi connectivity index (χ2v) is 4.21. The molecule has 1 heterocycles. The lowest BCUT2D eigenvalue weighted by atomic mass is 10.1. The molecule has 0 aromatic rings. The Morgan fingerprint density at radius 2 is 2.18 bits per heavy atom. The molecular formula is C11H20N2O4. The number of amides is 1. The molecule has 17 heavy (non-hydrogen) atoms. The lowest BCUT2D eigenvalue weighted by Crippen LogP contribution is -2.57. The second-order valence-electron chi connectivity index (χ2n) is 4.21. The monoisotopic (exact) mass is 244 g/mol. The van der Waals surface area contributed by atoms with Gasteiger partial charge in [0, 0.05) is 6.54 Å². The van der Waals surface area contributed by atoms with Crippen molar-refractivity contribution in [1.82, 2.24) is 4.90 Å². The molecule has 6 nitrogen and oxygen atoms in total. The molecule has 0 radical (unpaired) electrons. The van der Waals surface area contributed by atoms with Gasteiger partial charge in [-0.2, -0.15) is 0 Å². The highest BCUT2D eigenvalue weighted by Gasteiger charge is 2.34. The highest BCUT2D eigenvalue weighted by atomic mass is 16.5. The number of esters is 1. The van der Waals surface area contributed by atoms with Crippen LogP contribution in [0, 0.1) is 0 Å². The quantitative estimate of drug-likeness (QED) is 0.535. The van der Waals surface area contributed by atoms with E-state index in [1.807, 2.05) is 13.8 Å². The molecule has 1 aliphatic rings. The molecule has 1 fully saturated rings. The van der Waals surface area contributed by atoms with Gasteiger partial charge >= 0.3 is 5.97 Å². The highest BCUT2D eigenvalue weighted by Crippen LogP contribution is 2.12. The zero-order chi connectivity index (χ0) is 13.0. The summed E-state index contributed by atoms with van der Waals surface area (Å²) in [5.74, 6) is -1.07. The lowest BCUT2D eigenvalue weighted by molar-refractivity contribution is -0.155. The predicted molar refractivity (Wildman–Crippen MR) is 61.2 cm³/mol. The predicted octanol–water partition coefficient (Wildman–Crippen LogP) is -0.487. The van der Waals surface area contributed by atoms with Gasteiger partial charge in [0.1, 0.15) is 0 Å². The third-order valence-corrected chi connectivity index (χ3v) is 2.70. The van der Waals surface area contributed by atoms with E-state index in [0.29, 0.717) is 13.2 Å². The minimum Gasteiger partial charge on any atom is -0.464 e. The standard InChI is InChI=1S/C11H20N2O4/c1-4-16-11(15)9(12)10(14)13-5-8(3)17-6-7(13)2/h7-9H,4-6,12H2,1-3H3. The van der Waals surface area contributed by atoms with E-state index in [4.69, 9.17) is 15.2 Å². The van der Waals surface area contributed by atoms with E-state index in [2.05, 4.69) is 0 Å². The van der Waals surface area contributed by atoms with Crippen LogP contribution in [0.5, 0.6) is 0 Å². The molecule has 1 aliphatic heterocycles. The van der Waals surface area contributed by atoms with Crippen LogP contribution in [0.4, 0.5) is 0 Å². The summed E-state index contributed by atoms with van der Waals surface area (Å²) in [6.45, 7) is 6.54. The molecular weight excluding hydrogens is 224 g/mol. The van der Waals surface area contributed by atoms with Crippen LogP contribution in [-0.4, -0.2) is 54.7 Å². The molecule has 1 rings (SSSR count). The summed E-state index contributed by atoms with van der Waals surface area (Å²) >= 11 is 0. The summed E-state index contributed by atoms with van der Waals surface area (Å²) in [6, 6.07) is -1.30. The van der Waals surface area contributed by atoms with Crippen molar-refractivity contribution in [2.45, 2.75) is 39.0 Å². The molecule has 2 N–H and O–H groups in total. The number of nitrogens with two attached hydrogens (primary N) is 1. The highest BCUT2D eigenvalue weighted by molar-refractivity contribution is 6.01. The zero-order valence-corrected chi connectivity index (χ0v) is 10.5. The summed E-state index contributed by atoms with van der Waals surface area (Å²) in [5, 5.41) is 0. The first-order chi connectivity index (χ1) is 7.97. The van der Waals surface area contributed by atoms with E-state index >= 15 is 0 Å². The van der Waals surface area contributed by atoms with Gasteiger partial charge in [-0.1, -0.05) is 0 Å². The Kier molecular flexibility index (Phi) is 4.89. The third-order valence-electron chi connectivity index (χ3n) is 2.70. The van der Waals surface area contributed by atoms with Gasteiger partial charge in [0.2, 0.25) is 0 Å². The van der Waals surface area contributed by atoms with Crippen molar-refractivity contribution < 1.29 is 19.1 Å². The van der Waals surface area contributed by atoms with Crippen molar-refractivity contribution in [2.24, 2.45) is 5.73 Å². The molecule has 3 unspecified atom stereocenters. The van der Waals surface area contributed by atoms with Crippen LogP contribution in [0.25, 0.3) is 0 Å². The number of carbonyl (C=O) groups excluding carboxylic acids is 2. The number of nitrogens with zero attached hydrogens (tertiary/aromatic N) is 1.